The minimum Gasteiger partial charge on any atom is -0.365 e. The second-order valence-electron chi connectivity index (χ2n) is 6.14. The van der Waals surface area contributed by atoms with Gasteiger partial charge in [0.15, 0.2) is 11.6 Å². The van der Waals surface area contributed by atoms with Gasteiger partial charge in [-0.2, -0.15) is 0 Å². The zero-order chi connectivity index (χ0) is 16.6. The number of fused-ring (bicyclic) bond motifs is 1. The molecule has 0 saturated heterocycles. The van der Waals surface area contributed by atoms with E-state index in [1.807, 2.05) is 19.9 Å². The molecule has 1 N–H and O–H groups in total. The van der Waals surface area contributed by atoms with Crippen molar-refractivity contribution < 1.29 is 4.79 Å². The molecule has 0 saturated carbocycles. The van der Waals surface area contributed by atoms with Gasteiger partial charge in [-0.25, -0.2) is 14.6 Å². The molecule has 0 aromatic carbocycles. The van der Waals surface area contributed by atoms with Crippen LogP contribution in [-0.4, -0.2) is 32.1 Å². The van der Waals surface area contributed by atoms with E-state index in [9.17, 15) is 4.79 Å². The van der Waals surface area contributed by atoms with E-state index in [4.69, 9.17) is 0 Å². The average molecular weight is 311 g/mol. The summed E-state index contributed by atoms with van der Waals surface area (Å²) in [6, 6.07) is 1.92. The minimum atomic E-state index is 0.126. The standard InChI is InChI=1S/C17H21N5O/c1-5-6-18-16-15-13(7-10(2)8-14(15)23)22(21-16)17-19-11(3)9-12(4)20-17/h5,9-10H,1,6-8H2,2-4H3,(H,18,21). The highest BCUT2D eigenvalue weighted by Gasteiger charge is 2.31. The van der Waals surface area contributed by atoms with E-state index >= 15 is 0 Å². The number of rotatable bonds is 4. The SMILES string of the molecule is C=CCNc1nn(-c2nc(C)cc(C)n2)c2c1C(=O)CC(C)C2. The number of carbonyl (C=O) groups excluding carboxylic acids is 1. The monoisotopic (exact) mass is 311 g/mol. The Morgan fingerprint density at radius 2 is 2.04 bits per heavy atom. The maximum absolute atomic E-state index is 12.5. The third-order valence-electron chi connectivity index (χ3n) is 3.91. The smallest absolute Gasteiger partial charge is 0.251 e. The maximum atomic E-state index is 12.5. The first kappa shape index (κ1) is 15.4. The Morgan fingerprint density at radius 3 is 2.70 bits per heavy atom. The van der Waals surface area contributed by atoms with Crippen molar-refractivity contribution in [3.05, 3.63) is 41.4 Å². The van der Waals surface area contributed by atoms with Crippen LogP contribution in [0.1, 0.15) is 40.8 Å². The number of aryl methyl sites for hydroxylation is 2. The molecule has 6 nitrogen and oxygen atoms in total. The Hall–Kier alpha value is -2.50. The number of nitrogens with zero attached hydrogens (tertiary/aromatic N) is 4. The molecule has 3 rings (SSSR count). The molecule has 0 radical (unpaired) electrons. The third-order valence-corrected chi connectivity index (χ3v) is 3.91. The van der Waals surface area contributed by atoms with E-state index in [2.05, 4.69) is 33.9 Å². The fourth-order valence-electron chi connectivity index (χ4n) is 3.02. The zero-order valence-electron chi connectivity index (χ0n) is 13.8. The summed E-state index contributed by atoms with van der Waals surface area (Å²) in [6.45, 7) is 10.2. The van der Waals surface area contributed by atoms with Crippen LogP contribution in [-0.2, 0) is 6.42 Å². The van der Waals surface area contributed by atoms with Gasteiger partial charge in [0.25, 0.3) is 5.95 Å². The van der Waals surface area contributed by atoms with Crippen LogP contribution < -0.4 is 5.32 Å². The zero-order valence-corrected chi connectivity index (χ0v) is 13.8. The van der Waals surface area contributed by atoms with Gasteiger partial charge in [0.2, 0.25) is 0 Å². The van der Waals surface area contributed by atoms with Crippen LogP contribution in [0.2, 0.25) is 0 Å². The molecule has 2 aromatic rings. The van der Waals surface area contributed by atoms with Crippen molar-refractivity contribution in [1.29, 1.82) is 0 Å². The number of anilines is 1. The number of hydrogen-bond donors (Lipinski definition) is 1. The van der Waals surface area contributed by atoms with Gasteiger partial charge >= 0.3 is 0 Å². The summed E-state index contributed by atoms with van der Waals surface area (Å²) in [5, 5.41) is 7.74. The normalized spacial score (nSPS) is 17.0. The van der Waals surface area contributed by atoms with Crippen LogP contribution in [0.15, 0.2) is 18.7 Å². The molecule has 2 aromatic heterocycles. The molecule has 0 aliphatic heterocycles. The molecule has 0 amide bonds. The summed E-state index contributed by atoms with van der Waals surface area (Å²) >= 11 is 0. The number of nitrogens with one attached hydrogen (secondary N) is 1. The number of Topliss-reactive ketones (excluding diaryl/α,β-unsaturated/α-hetero) is 1. The highest BCUT2D eigenvalue weighted by Crippen LogP contribution is 2.31. The largest absolute Gasteiger partial charge is 0.365 e. The van der Waals surface area contributed by atoms with Crippen molar-refractivity contribution in [3.8, 4) is 5.95 Å². The minimum absolute atomic E-state index is 0.126. The van der Waals surface area contributed by atoms with Gasteiger partial charge < -0.3 is 5.32 Å². The first-order chi connectivity index (χ1) is 11.0. The highest BCUT2D eigenvalue weighted by molar-refractivity contribution is 6.02. The fraction of sp³-hybridized carbons (Fsp3) is 0.412. The lowest BCUT2D eigenvalue weighted by Gasteiger charge is -2.18. The lowest BCUT2D eigenvalue weighted by atomic mass is 9.88. The van der Waals surface area contributed by atoms with E-state index in [0.29, 0.717) is 36.2 Å². The predicted molar refractivity (Wildman–Crippen MR) is 89.1 cm³/mol. The van der Waals surface area contributed by atoms with Gasteiger partial charge in [0.1, 0.15) is 0 Å². The summed E-state index contributed by atoms with van der Waals surface area (Å²) in [5.74, 6) is 1.54. The quantitative estimate of drug-likeness (QED) is 0.879. The maximum Gasteiger partial charge on any atom is 0.251 e. The van der Waals surface area contributed by atoms with Crippen molar-refractivity contribution in [3.63, 3.8) is 0 Å². The van der Waals surface area contributed by atoms with E-state index in [1.165, 1.54) is 0 Å². The van der Waals surface area contributed by atoms with Gasteiger partial charge in [-0.1, -0.05) is 13.0 Å². The molecule has 6 heteroatoms. The number of aromatic nitrogens is 4. The van der Waals surface area contributed by atoms with Crippen molar-refractivity contribution in [2.24, 2.45) is 5.92 Å². The first-order valence-electron chi connectivity index (χ1n) is 7.82. The van der Waals surface area contributed by atoms with E-state index < -0.39 is 0 Å². The molecule has 0 spiro atoms. The third kappa shape index (κ3) is 2.88. The number of hydrogen-bond acceptors (Lipinski definition) is 5. The Balaban J connectivity index is 2.16. The Kier molecular flexibility index (Phi) is 3.98. The fourth-order valence-corrected chi connectivity index (χ4v) is 3.02. The van der Waals surface area contributed by atoms with E-state index in [-0.39, 0.29) is 5.78 Å². The summed E-state index contributed by atoms with van der Waals surface area (Å²) in [5.41, 5.74) is 3.33. The second kappa shape index (κ2) is 5.95. The van der Waals surface area contributed by atoms with Crippen molar-refractivity contribution in [2.45, 2.75) is 33.6 Å². The van der Waals surface area contributed by atoms with E-state index in [0.717, 1.165) is 23.5 Å². The van der Waals surface area contributed by atoms with Crippen LogP contribution in [0, 0.1) is 19.8 Å². The van der Waals surface area contributed by atoms with Gasteiger partial charge in [-0.15, -0.1) is 11.7 Å². The Labute approximate surface area is 135 Å². The molecular formula is C17H21N5O. The molecule has 1 atom stereocenters. The van der Waals surface area contributed by atoms with Crippen LogP contribution in [0.25, 0.3) is 5.95 Å². The van der Waals surface area contributed by atoms with Gasteiger partial charge in [-0.3, -0.25) is 4.79 Å². The highest BCUT2D eigenvalue weighted by atomic mass is 16.1. The Bertz CT molecular complexity index is 757. The van der Waals surface area contributed by atoms with Crippen LogP contribution >= 0.6 is 0 Å². The molecule has 0 fully saturated rings. The lowest BCUT2D eigenvalue weighted by Crippen LogP contribution is -2.20. The summed E-state index contributed by atoms with van der Waals surface area (Å²) < 4.78 is 1.72. The van der Waals surface area contributed by atoms with Crippen LogP contribution in [0.3, 0.4) is 0 Å². The molecule has 120 valence electrons. The lowest BCUT2D eigenvalue weighted by molar-refractivity contribution is 0.0953. The second-order valence-corrected chi connectivity index (χ2v) is 6.14. The number of ketones is 1. The van der Waals surface area contributed by atoms with Crippen molar-refractivity contribution in [1.82, 2.24) is 19.7 Å². The Morgan fingerprint density at radius 1 is 1.35 bits per heavy atom. The molecule has 23 heavy (non-hydrogen) atoms. The van der Waals surface area contributed by atoms with Crippen LogP contribution in [0.5, 0.6) is 0 Å². The van der Waals surface area contributed by atoms with Crippen molar-refractivity contribution >= 4 is 11.6 Å². The molecule has 1 unspecified atom stereocenters. The average Bonchev–Trinajstić information content (AvgIpc) is 2.82. The topological polar surface area (TPSA) is 72.7 Å². The van der Waals surface area contributed by atoms with Gasteiger partial charge in [0, 0.05) is 24.4 Å². The first-order valence-corrected chi connectivity index (χ1v) is 7.82. The molecule has 1 aliphatic carbocycles. The molecule has 2 heterocycles. The van der Waals surface area contributed by atoms with Crippen LogP contribution in [0.4, 0.5) is 5.82 Å². The predicted octanol–water partition coefficient (Wildman–Crippen LogP) is 2.64. The summed E-state index contributed by atoms with van der Waals surface area (Å²) in [6.07, 6.45) is 3.09. The molecule has 0 bridgehead atoms. The van der Waals surface area contributed by atoms with Crippen molar-refractivity contribution in [2.75, 3.05) is 11.9 Å². The van der Waals surface area contributed by atoms with E-state index in [1.54, 1.807) is 10.8 Å². The van der Waals surface area contributed by atoms with Gasteiger partial charge in [0.05, 0.1) is 11.3 Å². The van der Waals surface area contributed by atoms with Gasteiger partial charge in [-0.05, 0) is 32.3 Å². The summed E-state index contributed by atoms with van der Waals surface area (Å²) in [7, 11) is 0. The molecule has 1 aliphatic rings. The molecular weight excluding hydrogens is 290 g/mol. The number of carbonyl (C=O) groups is 1. The summed E-state index contributed by atoms with van der Waals surface area (Å²) in [4.78, 5) is 21.5.